The second-order valence-electron chi connectivity index (χ2n) is 3.78. The fraction of sp³-hybridized carbons (Fsp3) is 0.818. The van der Waals surface area contributed by atoms with Crippen molar-refractivity contribution in [2.24, 2.45) is 5.92 Å². The van der Waals surface area contributed by atoms with Gasteiger partial charge in [-0.05, 0) is 12.8 Å². The molecular weight excluding hydrogens is 210 g/mol. The van der Waals surface area contributed by atoms with Gasteiger partial charge in [-0.15, -0.1) is 0 Å². The Morgan fingerprint density at radius 2 is 1.81 bits per heavy atom. The molecule has 0 heterocycles. The van der Waals surface area contributed by atoms with Crippen LogP contribution >= 0.6 is 0 Å². The Hall–Kier alpha value is -1.10. The van der Waals surface area contributed by atoms with Gasteiger partial charge in [-0.25, -0.2) is 4.79 Å². The average molecular weight is 231 g/mol. The summed E-state index contributed by atoms with van der Waals surface area (Å²) in [7, 11) is 1.41. The molecule has 5 nitrogen and oxygen atoms in total. The molecule has 2 unspecified atom stereocenters. The monoisotopic (exact) mass is 231 g/mol. The van der Waals surface area contributed by atoms with Gasteiger partial charge in [-0.1, -0.05) is 26.7 Å². The number of hydrogen-bond acceptors (Lipinski definition) is 3. The lowest BCUT2D eigenvalue weighted by atomic mass is 9.94. The van der Waals surface area contributed by atoms with Gasteiger partial charge in [0.25, 0.3) is 0 Å². The lowest BCUT2D eigenvalue weighted by molar-refractivity contribution is -0.145. The first-order valence-corrected chi connectivity index (χ1v) is 5.53. The molecule has 0 aromatic rings. The Morgan fingerprint density at radius 3 is 2.12 bits per heavy atom. The maximum atomic E-state index is 11.5. The van der Waals surface area contributed by atoms with Gasteiger partial charge in [-0.3, -0.25) is 4.79 Å². The molecule has 2 atom stereocenters. The number of carbonyl (C=O) groups is 2. The second-order valence-corrected chi connectivity index (χ2v) is 3.78. The predicted molar refractivity (Wildman–Crippen MR) is 60.1 cm³/mol. The van der Waals surface area contributed by atoms with Crippen molar-refractivity contribution < 1.29 is 19.4 Å². The Labute approximate surface area is 96.2 Å². The van der Waals surface area contributed by atoms with Gasteiger partial charge in [0, 0.05) is 7.11 Å². The number of hydrogen-bond donors (Lipinski definition) is 2. The average Bonchev–Trinajstić information content (AvgIpc) is 2.27. The van der Waals surface area contributed by atoms with Crippen LogP contribution < -0.4 is 5.32 Å². The van der Waals surface area contributed by atoms with Crippen molar-refractivity contribution in [1.29, 1.82) is 0 Å². The molecule has 0 saturated carbocycles. The summed E-state index contributed by atoms with van der Waals surface area (Å²) < 4.78 is 4.83. The molecule has 0 aliphatic rings. The molecule has 0 spiro atoms. The van der Waals surface area contributed by atoms with Crippen LogP contribution in [0.2, 0.25) is 0 Å². The number of carboxylic acids is 1. The summed E-state index contributed by atoms with van der Waals surface area (Å²) in [5.74, 6) is -1.43. The standard InChI is InChI=1S/C11H21NO4/c1-5-8(6-2)9(11(14)15)12-10(13)7(3)16-4/h7-9H,5-6H2,1-4H3,(H,12,13)(H,14,15). The summed E-state index contributed by atoms with van der Waals surface area (Å²) in [6, 6.07) is -0.833. The number of carboxylic acid groups (broad SMARTS) is 1. The highest BCUT2D eigenvalue weighted by Crippen LogP contribution is 2.13. The molecule has 1 amide bonds. The molecule has 5 heteroatoms. The van der Waals surface area contributed by atoms with Gasteiger partial charge in [0.05, 0.1) is 0 Å². The number of amides is 1. The van der Waals surface area contributed by atoms with E-state index in [0.29, 0.717) is 0 Å². The minimum absolute atomic E-state index is 0.0505. The lowest BCUT2D eigenvalue weighted by Gasteiger charge is -2.23. The van der Waals surface area contributed by atoms with Crippen LogP contribution in [0.3, 0.4) is 0 Å². The van der Waals surface area contributed by atoms with E-state index < -0.39 is 18.1 Å². The smallest absolute Gasteiger partial charge is 0.326 e. The van der Waals surface area contributed by atoms with Crippen LogP contribution in [0.15, 0.2) is 0 Å². The zero-order chi connectivity index (χ0) is 12.7. The summed E-state index contributed by atoms with van der Waals surface area (Å²) in [4.78, 5) is 22.6. The van der Waals surface area contributed by atoms with Crippen LogP contribution in [0.5, 0.6) is 0 Å². The lowest BCUT2D eigenvalue weighted by Crippen LogP contribution is -2.49. The minimum atomic E-state index is -0.995. The van der Waals surface area contributed by atoms with Crippen LogP contribution in [0.4, 0.5) is 0 Å². The van der Waals surface area contributed by atoms with Crippen LogP contribution in [0, 0.1) is 5.92 Å². The van der Waals surface area contributed by atoms with Crippen LogP contribution in [-0.2, 0) is 14.3 Å². The van der Waals surface area contributed by atoms with Crippen molar-refractivity contribution in [3.8, 4) is 0 Å². The topological polar surface area (TPSA) is 75.6 Å². The molecule has 2 N–H and O–H groups in total. The number of nitrogens with one attached hydrogen (secondary N) is 1. The predicted octanol–water partition coefficient (Wildman–Crippen LogP) is 1.03. The normalized spacial score (nSPS) is 14.6. The number of carbonyl (C=O) groups excluding carboxylic acids is 1. The Balaban J connectivity index is 4.56. The van der Waals surface area contributed by atoms with Crippen molar-refractivity contribution >= 4 is 11.9 Å². The molecule has 94 valence electrons. The number of aliphatic carboxylic acids is 1. The molecule has 0 saturated heterocycles. The first-order valence-electron chi connectivity index (χ1n) is 5.53. The van der Waals surface area contributed by atoms with E-state index in [1.165, 1.54) is 7.11 Å². The van der Waals surface area contributed by atoms with E-state index in [1.54, 1.807) is 6.92 Å². The summed E-state index contributed by atoms with van der Waals surface area (Å²) in [6.07, 6.45) is 0.806. The van der Waals surface area contributed by atoms with Crippen molar-refractivity contribution in [3.05, 3.63) is 0 Å². The molecule has 0 bridgehead atoms. The summed E-state index contributed by atoms with van der Waals surface area (Å²) in [5.41, 5.74) is 0. The molecule has 0 radical (unpaired) electrons. The minimum Gasteiger partial charge on any atom is -0.480 e. The molecule has 0 fully saturated rings. The highest BCUT2D eigenvalue weighted by Gasteiger charge is 2.28. The van der Waals surface area contributed by atoms with Gasteiger partial charge in [0.1, 0.15) is 12.1 Å². The number of methoxy groups -OCH3 is 1. The molecule has 0 aliphatic carbocycles. The Kier molecular flexibility index (Phi) is 6.72. The van der Waals surface area contributed by atoms with E-state index >= 15 is 0 Å². The van der Waals surface area contributed by atoms with Crippen LogP contribution in [0.1, 0.15) is 33.6 Å². The van der Waals surface area contributed by atoms with Gasteiger partial charge in [-0.2, -0.15) is 0 Å². The Morgan fingerprint density at radius 1 is 1.31 bits per heavy atom. The SMILES string of the molecule is CCC(CC)C(NC(=O)C(C)OC)C(=O)O. The fourth-order valence-electron chi connectivity index (χ4n) is 1.52. The van der Waals surface area contributed by atoms with Crippen LogP contribution in [-0.4, -0.2) is 36.2 Å². The van der Waals surface area contributed by atoms with E-state index in [2.05, 4.69) is 5.32 Å². The highest BCUT2D eigenvalue weighted by atomic mass is 16.5. The number of rotatable bonds is 7. The van der Waals surface area contributed by atoms with E-state index in [-0.39, 0.29) is 11.8 Å². The summed E-state index contributed by atoms with van der Waals surface area (Å²) in [6.45, 7) is 5.41. The van der Waals surface area contributed by atoms with Gasteiger partial charge < -0.3 is 15.2 Å². The maximum absolute atomic E-state index is 11.5. The zero-order valence-corrected chi connectivity index (χ0v) is 10.3. The van der Waals surface area contributed by atoms with Crippen molar-refractivity contribution in [1.82, 2.24) is 5.32 Å². The van der Waals surface area contributed by atoms with E-state index in [4.69, 9.17) is 9.84 Å². The molecule has 0 aromatic heterocycles. The molecule has 16 heavy (non-hydrogen) atoms. The molecular formula is C11H21NO4. The Bertz CT molecular complexity index is 238. The zero-order valence-electron chi connectivity index (χ0n) is 10.3. The first-order chi connectivity index (χ1) is 7.47. The first kappa shape index (κ1) is 14.9. The third-order valence-electron chi connectivity index (χ3n) is 2.81. The van der Waals surface area contributed by atoms with E-state index in [9.17, 15) is 9.59 Å². The number of ether oxygens (including phenoxy) is 1. The van der Waals surface area contributed by atoms with Crippen molar-refractivity contribution in [2.75, 3.05) is 7.11 Å². The largest absolute Gasteiger partial charge is 0.480 e. The van der Waals surface area contributed by atoms with Crippen molar-refractivity contribution in [3.63, 3.8) is 0 Å². The third-order valence-corrected chi connectivity index (χ3v) is 2.81. The van der Waals surface area contributed by atoms with Gasteiger partial charge in [0.15, 0.2) is 0 Å². The van der Waals surface area contributed by atoms with Crippen molar-refractivity contribution in [2.45, 2.75) is 45.8 Å². The van der Waals surface area contributed by atoms with Gasteiger partial charge in [0.2, 0.25) is 5.91 Å². The van der Waals surface area contributed by atoms with Gasteiger partial charge >= 0.3 is 5.97 Å². The summed E-state index contributed by atoms with van der Waals surface area (Å²) >= 11 is 0. The third kappa shape index (κ3) is 4.18. The quantitative estimate of drug-likeness (QED) is 0.686. The maximum Gasteiger partial charge on any atom is 0.326 e. The second kappa shape index (κ2) is 7.22. The molecule has 0 aliphatic heterocycles. The fourth-order valence-corrected chi connectivity index (χ4v) is 1.52. The molecule has 0 aromatic carbocycles. The summed E-state index contributed by atoms with van der Waals surface area (Å²) in [5, 5.41) is 11.6. The molecule has 0 rings (SSSR count). The van der Waals surface area contributed by atoms with E-state index in [0.717, 1.165) is 12.8 Å². The van der Waals surface area contributed by atoms with Crippen LogP contribution in [0.25, 0.3) is 0 Å². The highest BCUT2D eigenvalue weighted by molar-refractivity contribution is 5.86. The van der Waals surface area contributed by atoms with E-state index in [1.807, 2.05) is 13.8 Å².